The van der Waals surface area contributed by atoms with E-state index in [0.29, 0.717) is 16.8 Å². The molecular formula is C23H16N5O8S+. The van der Waals surface area contributed by atoms with Crippen LogP contribution in [0.25, 0.3) is 27.9 Å². The van der Waals surface area contributed by atoms with Crippen LogP contribution >= 0.6 is 11.3 Å². The summed E-state index contributed by atoms with van der Waals surface area (Å²) in [5, 5.41) is 46.1. The third-order valence-corrected chi connectivity index (χ3v) is 6.72. The Balaban J connectivity index is 2.12. The fourth-order valence-corrected chi connectivity index (χ4v) is 4.67. The monoisotopic (exact) mass is 522 g/mol. The van der Waals surface area contributed by atoms with Gasteiger partial charge in [0.2, 0.25) is 11.2 Å². The van der Waals surface area contributed by atoms with E-state index in [9.17, 15) is 40.5 Å². The van der Waals surface area contributed by atoms with E-state index in [-0.39, 0.29) is 11.1 Å². The Bertz CT molecular complexity index is 1470. The van der Waals surface area contributed by atoms with Crippen LogP contribution in [-0.4, -0.2) is 19.7 Å². The van der Waals surface area contributed by atoms with E-state index in [1.165, 1.54) is 35.6 Å². The van der Waals surface area contributed by atoms with Gasteiger partial charge in [-0.3, -0.25) is 40.5 Å². The summed E-state index contributed by atoms with van der Waals surface area (Å²) in [4.78, 5) is 44.0. The quantitative estimate of drug-likeness (QED) is 0.171. The van der Waals surface area contributed by atoms with Gasteiger partial charge < -0.3 is 0 Å². The second-order valence-electron chi connectivity index (χ2n) is 7.94. The summed E-state index contributed by atoms with van der Waals surface area (Å²) in [6.07, 6.45) is 0. The fraction of sp³-hybridized carbons (Fsp3) is 0.0870. The number of para-hydroxylation sites is 1. The zero-order valence-electron chi connectivity index (χ0n) is 19.2. The lowest BCUT2D eigenvalue weighted by atomic mass is 9.94. The molecule has 37 heavy (non-hydrogen) atoms. The molecule has 1 heterocycles. The van der Waals surface area contributed by atoms with Crippen molar-refractivity contribution in [1.29, 1.82) is 0 Å². The van der Waals surface area contributed by atoms with E-state index >= 15 is 0 Å². The summed E-state index contributed by atoms with van der Waals surface area (Å²) in [5.41, 5.74) is 1.99. The molecule has 0 bridgehead atoms. The molecule has 0 aliphatic rings. The molecule has 186 valence electrons. The van der Waals surface area contributed by atoms with Crippen molar-refractivity contribution in [2.24, 2.45) is 0 Å². The number of nitrogens with zero attached hydrogens (tertiary/aromatic N) is 5. The van der Waals surface area contributed by atoms with E-state index in [1.54, 1.807) is 28.3 Å². The minimum absolute atomic E-state index is 0.161. The second-order valence-corrected chi connectivity index (χ2v) is 9.00. The Hall–Kier alpha value is -5.11. The first kappa shape index (κ1) is 25.0. The number of thiazole rings is 1. The summed E-state index contributed by atoms with van der Waals surface area (Å²) in [5.74, 6) is 0. The first-order valence-electron chi connectivity index (χ1n) is 10.5. The van der Waals surface area contributed by atoms with Gasteiger partial charge in [-0.25, -0.2) is 0 Å². The number of nitro benzene ring substituents is 4. The van der Waals surface area contributed by atoms with Gasteiger partial charge >= 0.3 is 0 Å². The third-order valence-electron chi connectivity index (χ3n) is 5.75. The lowest BCUT2D eigenvalue weighted by Crippen LogP contribution is -2.33. The molecule has 4 rings (SSSR count). The molecule has 0 amide bonds. The molecule has 3 aromatic carbocycles. The van der Waals surface area contributed by atoms with Crippen molar-refractivity contribution in [3.63, 3.8) is 0 Å². The topological polar surface area (TPSA) is 176 Å². The van der Waals surface area contributed by atoms with Crippen LogP contribution in [0.3, 0.4) is 0 Å². The molecule has 0 saturated carbocycles. The lowest BCUT2D eigenvalue weighted by molar-refractivity contribution is -0.596. The minimum Gasteiger partial charge on any atom is -0.258 e. The number of aryl methyl sites for hydroxylation is 1. The molecule has 4 aromatic rings. The molecule has 0 radical (unpaired) electrons. The summed E-state index contributed by atoms with van der Waals surface area (Å²) < 4.78 is 1.75. The number of hydrogen-bond donors (Lipinski definition) is 0. The summed E-state index contributed by atoms with van der Waals surface area (Å²) >= 11 is 1.40. The van der Waals surface area contributed by atoms with Crippen molar-refractivity contribution in [1.82, 2.24) is 0 Å². The molecule has 0 unspecified atom stereocenters. The van der Waals surface area contributed by atoms with E-state index < -0.39 is 42.4 Å². The maximum Gasteiger partial charge on any atom is 0.276 e. The molecule has 0 atom stereocenters. The van der Waals surface area contributed by atoms with E-state index in [4.69, 9.17) is 0 Å². The maximum atomic E-state index is 11.5. The van der Waals surface area contributed by atoms with Crippen LogP contribution in [0.2, 0.25) is 0 Å². The van der Waals surface area contributed by atoms with Crippen LogP contribution in [0.4, 0.5) is 22.7 Å². The zero-order chi connectivity index (χ0) is 27.0. The number of benzene rings is 3. The van der Waals surface area contributed by atoms with Gasteiger partial charge in [0.15, 0.2) is 5.69 Å². The van der Waals surface area contributed by atoms with Crippen molar-refractivity contribution >= 4 is 34.1 Å². The molecule has 0 aliphatic heterocycles. The predicted octanol–water partition coefficient (Wildman–Crippen LogP) is 5.61. The second kappa shape index (κ2) is 9.50. The van der Waals surface area contributed by atoms with Crippen molar-refractivity contribution in [3.8, 4) is 27.9 Å². The molecule has 1 aromatic heterocycles. The molecule has 0 saturated heterocycles. The highest BCUT2D eigenvalue weighted by molar-refractivity contribution is 7.09. The van der Waals surface area contributed by atoms with Crippen molar-refractivity contribution in [2.45, 2.75) is 13.8 Å². The molecular weight excluding hydrogens is 506 g/mol. The van der Waals surface area contributed by atoms with Crippen LogP contribution in [0.5, 0.6) is 0 Å². The van der Waals surface area contributed by atoms with Crippen LogP contribution in [0.1, 0.15) is 10.6 Å². The van der Waals surface area contributed by atoms with Gasteiger partial charge in [-0.2, -0.15) is 4.57 Å². The van der Waals surface area contributed by atoms with Gasteiger partial charge in [0.05, 0.1) is 47.8 Å². The van der Waals surface area contributed by atoms with Gasteiger partial charge in [0.1, 0.15) is 0 Å². The smallest absolute Gasteiger partial charge is 0.258 e. The van der Waals surface area contributed by atoms with Gasteiger partial charge in [-0.1, -0.05) is 17.4 Å². The Morgan fingerprint density at radius 1 is 0.649 bits per heavy atom. The maximum absolute atomic E-state index is 11.5. The Morgan fingerprint density at radius 2 is 1.03 bits per heavy atom. The van der Waals surface area contributed by atoms with Crippen molar-refractivity contribution in [3.05, 3.63) is 111 Å². The van der Waals surface area contributed by atoms with Gasteiger partial charge in [-0.05, 0) is 19.1 Å². The average Bonchev–Trinajstić information content (AvgIpc) is 3.20. The van der Waals surface area contributed by atoms with Crippen LogP contribution in [0.15, 0.2) is 60.1 Å². The van der Waals surface area contributed by atoms with Crippen LogP contribution < -0.4 is 4.57 Å². The summed E-state index contributed by atoms with van der Waals surface area (Å²) in [6.45, 7) is 3.69. The largest absolute Gasteiger partial charge is 0.276 e. The van der Waals surface area contributed by atoms with E-state index in [1.807, 2.05) is 13.8 Å². The Kier molecular flexibility index (Phi) is 6.42. The first-order chi connectivity index (χ1) is 17.5. The normalized spacial score (nSPS) is 10.8. The molecule has 0 spiro atoms. The standard InChI is InChI=1S/C23H16N5O8S/c1-13-14(2)37-12-24(13)23-21(15-6-17(25(29)30)10-18(7-15)26(31)32)4-3-5-22(23)16-8-19(27(33)34)11-20(9-16)28(35)36/h3-12H,1-2H3/q+1. The molecule has 0 fully saturated rings. The highest BCUT2D eigenvalue weighted by Gasteiger charge is 2.29. The highest BCUT2D eigenvalue weighted by atomic mass is 32.1. The highest BCUT2D eigenvalue weighted by Crippen LogP contribution is 2.39. The Labute approximate surface area is 211 Å². The van der Waals surface area contributed by atoms with Crippen molar-refractivity contribution < 1.29 is 24.3 Å². The first-order valence-corrected chi connectivity index (χ1v) is 11.3. The molecule has 0 N–H and O–H groups in total. The van der Waals surface area contributed by atoms with E-state index in [0.717, 1.165) is 22.7 Å². The number of non-ortho nitro benzene ring substituents is 4. The minimum atomic E-state index is -0.739. The third kappa shape index (κ3) is 4.72. The number of rotatable bonds is 7. The van der Waals surface area contributed by atoms with Gasteiger partial charge in [-0.15, -0.1) is 0 Å². The number of nitro groups is 4. The lowest BCUT2D eigenvalue weighted by Gasteiger charge is -2.11. The number of hydrogen-bond acceptors (Lipinski definition) is 9. The summed E-state index contributed by atoms with van der Waals surface area (Å²) in [7, 11) is 0. The van der Waals surface area contributed by atoms with Gasteiger partial charge in [0, 0.05) is 42.3 Å². The van der Waals surface area contributed by atoms with Crippen molar-refractivity contribution in [2.75, 3.05) is 0 Å². The Morgan fingerprint density at radius 3 is 1.32 bits per heavy atom. The van der Waals surface area contributed by atoms with Crippen LogP contribution in [-0.2, 0) is 0 Å². The zero-order valence-corrected chi connectivity index (χ0v) is 20.0. The van der Waals surface area contributed by atoms with Gasteiger partial charge in [0.25, 0.3) is 22.7 Å². The molecule has 13 nitrogen and oxygen atoms in total. The van der Waals surface area contributed by atoms with Crippen LogP contribution in [0, 0.1) is 54.3 Å². The number of aromatic nitrogens is 1. The predicted molar refractivity (Wildman–Crippen MR) is 133 cm³/mol. The van der Waals surface area contributed by atoms with E-state index in [2.05, 4.69) is 0 Å². The summed E-state index contributed by atoms with van der Waals surface area (Å²) in [6, 6.07) is 11.3. The fourth-order valence-electron chi connectivity index (χ4n) is 3.88. The molecule has 14 heteroatoms. The average molecular weight is 522 g/mol. The SMILES string of the molecule is Cc1sc[n+](-c2c(-c3cc([N+](=O)[O-])cc([N+](=O)[O-])c3)cccc2-c2cc([N+](=O)[O-])cc([N+](=O)[O-])c2)c1C. The molecule has 0 aliphatic carbocycles.